The van der Waals surface area contributed by atoms with Gasteiger partial charge in [0.25, 0.3) is 0 Å². The van der Waals surface area contributed by atoms with Crippen LogP contribution in [0.2, 0.25) is 0 Å². The summed E-state index contributed by atoms with van der Waals surface area (Å²) in [6, 6.07) is 32.2. The predicted octanol–water partition coefficient (Wildman–Crippen LogP) is 11.7. The quantitative estimate of drug-likeness (QED) is 0.135. The summed E-state index contributed by atoms with van der Waals surface area (Å²) in [5.74, 6) is 0. The van der Waals surface area contributed by atoms with Gasteiger partial charge in [0.15, 0.2) is 0 Å². The van der Waals surface area contributed by atoms with Crippen LogP contribution in [0.15, 0.2) is 97.3 Å². The smallest absolute Gasteiger partial charge is 0.0528 e. The molecular formula is C42H48N2. The molecule has 0 saturated carbocycles. The molecule has 4 aromatic carbocycles. The second-order valence-corrected chi connectivity index (χ2v) is 13.5. The molecule has 2 aromatic heterocycles. The van der Waals surface area contributed by atoms with E-state index in [2.05, 4.69) is 148 Å². The van der Waals surface area contributed by atoms with Gasteiger partial charge in [-0.1, -0.05) is 94.8 Å². The van der Waals surface area contributed by atoms with E-state index < -0.39 is 0 Å². The number of unbranched alkanes of at least 4 members (excludes halogenated alkanes) is 5. The van der Waals surface area contributed by atoms with Crippen molar-refractivity contribution in [3.05, 3.63) is 131 Å². The van der Waals surface area contributed by atoms with Crippen LogP contribution >= 0.6 is 0 Å². The molecule has 44 heavy (non-hydrogen) atoms. The van der Waals surface area contributed by atoms with Crippen molar-refractivity contribution in [2.45, 2.75) is 91.9 Å². The second kappa shape index (κ2) is 12.5. The van der Waals surface area contributed by atoms with E-state index in [4.69, 9.17) is 0 Å². The number of aromatic nitrogens is 2. The third kappa shape index (κ3) is 5.87. The van der Waals surface area contributed by atoms with E-state index in [0.717, 1.165) is 0 Å². The molecule has 0 unspecified atom stereocenters. The second-order valence-electron chi connectivity index (χ2n) is 13.5. The molecule has 2 nitrogen and oxygen atoms in total. The van der Waals surface area contributed by atoms with Crippen molar-refractivity contribution in [2.75, 3.05) is 0 Å². The van der Waals surface area contributed by atoms with Gasteiger partial charge < -0.3 is 9.13 Å². The first-order chi connectivity index (χ1) is 21.3. The van der Waals surface area contributed by atoms with E-state index in [1.807, 2.05) is 0 Å². The Bertz CT molecular complexity index is 1910. The highest BCUT2D eigenvalue weighted by Gasteiger charge is 2.25. The number of hydrogen-bond acceptors (Lipinski definition) is 0. The molecular weight excluding hydrogens is 532 g/mol. The molecule has 6 aromatic rings. The maximum absolute atomic E-state index is 2.40. The van der Waals surface area contributed by atoms with E-state index in [-0.39, 0.29) is 5.41 Å². The molecule has 0 aliphatic heterocycles. The average molecular weight is 581 g/mol. The Labute approximate surface area is 264 Å². The summed E-state index contributed by atoms with van der Waals surface area (Å²) in [5.41, 5.74) is 12.9. The monoisotopic (exact) mass is 580 g/mol. The van der Waals surface area contributed by atoms with E-state index in [1.54, 1.807) is 0 Å². The molecule has 0 bridgehead atoms. The van der Waals surface area contributed by atoms with E-state index in [9.17, 15) is 0 Å². The molecule has 2 heteroatoms. The molecule has 0 aliphatic rings. The molecule has 0 amide bonds. The minimum absolute atomic E-state index is 0.118. The summed E-state index contributed by atoms with van der Waals surface area (Å²) in [4.78, 5) is 0. The Morgan fingerprint density at radius 3 is 1.68 bits per heavy atom. The van der Waals surface area contributed by atoms with Crippen molar-refractivity contribution < 1.29 is 0 Å². The topological polar surface area (TPSA) is 9.86 Å². The van der Waals surface area contributed by atoms with Gasteiger partial charge >= 0.3 is 0 Å². The lowest BCUT2D eigenvalue weighted by Crippen LogP contribution is -2.20. The van der Waals surface area contributed by atoms with Crippen molar-refractivity contribution in [1.82, 2.24) is 9.13 Å². The molecule has 0 saturated heterocycles. The van der Waals surface area contributed by atoms with Gasteiger partial charge in [0.2, 0.25) is 0 Å². The van der Waals surface area contributed by atoms with Crippen molar-refractivity contribution in [2.24, 2.45) is 0 Å². The maximum atomic E-state index is 2.40. The van der Waals surface area contributed by atoms with Crippen LogP contribution in [0.3, 0.4) is 0 Å². The van der Waals surface area contributed by atoms with Crippen LogP contribution in [0, 0.1) is 20.8 Å². The fourth-order valence-corrected chi connectivity index (χ4v) is 6.93. The molecule has 226 valence electrons. The Balaban J connectivity index is 1.22. The number of benzene rings is 4. The summed E-state index contributed by atoms with van der Waals surface area (Å²) < 4.78 is 4.68. The van der Waals surface area contributed by atoms with Crippen molar-refractivity contribution in [3.63, 3.8) is 0 Å². The lowest BCUT2D eigenvalue weighted by atomic mass is 9.77. The summed E-state index contributed by atoms with van der Waals surface area (Å²) in [6.07, 6.45) is 13.7. The van der Waals surface area contributed by atoms with Gasteiger partial charge in [0, 0.05) is 40.0 Å². The van der Waals surface area contributed by atoms with Gasteiger partial charge in [0.1, 0.15) is 0 Å². The highest BCUT2D eigenvalue weighted by Crippen LogP contribution is 2.36. The number of hydrogen-bond donors (Lipinski definition) is 0. The van der Waals surface area contributed by atoms with E-state index in [1.165, 1.54) is 112 Å². The molecule has 2 heterocycles. The zero-order valence-corrected chi connectivity index (χ0v) is 27.6. The standard InChI is InChI=1S/C42H48N2/c1-7-8-9-10-11-12-13-33-15-19-41-35(29-33)23-25-44(41)39-21-17-37(28-32(39)4)42(5,6)36-16-20-38(31(3)27-36)43-24-22-34-26-30(2)14-18-40(34)43/h14-29H,7-13H2,1-6H3. The lowest BCUT2D eigenvalue weighted by Gasteiger charge is -2.28. The zero-order chi connectivity index (χ0) is 30.8. The summed E-state index contributed by atoms with van der Waals surface area (Å²) in [6.45, 7) is 13.6. The van der Waals surface area contributed by atoms with E-state index in [0.29, 0.717) is 0 Å². The molecule has 0 N–H and O–H groups in total. The first-order valence-corrected chi connectivity index (χ1v) is 16.7. The van der Waals surface area contributed by atoms with Crippen molar-refractivity contribution >= 4 is 21.8 Å². The molecule has 0 radical (unpaired) electrons. The minimum atomic E-state index is -0.118. The average Bonchev–Trinajstić information content (AvgIpc) is 3.62. The number of aryl methyl sites for hydroxylation is 4. The van der Waals surface area contributed by atoms with Gasteiger partial charge in [0.05, 0.1) is 11.0 Å². The molecule has 6 rings (SSSR count). The van der Waals surface area contributed by atoms with Gasteiger partial charge in [-0.15, -0.1) is 0 Å². The molecule has 0 fully saturated rings. The predicted molar refractivity (Wildman–Crippen MR) is 190 cm³/mol. The Morgan fingerprint density at radius 1 is 0.545 bits per heavy atom. The van der Waals surface area contributed by atoms with Crippen LogP contribution in [0.25, 0.3) is 33.2 Å². The molecule has 0 aliphatic carbocycles. The van der Waals surface area contributed by atoms with Crippen molar-refractivity contribution in [1.29, 1.82) is 0 Å². The summed E-state index contributed by atoms with van der Waals surface area (Å²) >= 11 is 0. The minimum Gasteiger partial charge on any atom is -0.316 e. The SMILES string of the molecule is CCCCCCCCc1ccc2c(ccn2-c2ccc(C(C)(C)c3ccc(-n4ccc5cc(C)ccc54)c(C)c3)cc2C)c1. The lowest BCUT2D eigenvalue weighted by molar-refractivity contribution is 0.607. The van der Waals surface area contributed by atoms with Gasteiger partial charge in [-0.3, -0.25) is 0 Å². The van der Waals surface area contributed by atoms with Crippen LogP contribution in [-0.4, -0.2) is 9.13 Å². The van der Waals surface area contributed by atoms with Crippen molar-refractivity contribution in [3.8, 4) is 11.4 Å². The first-order valence-electron chi connectivity index (χ1n) is 16.7. The third-order valence-electron chi connectivity index (χ3n) is 9.78. The van der Waals surface area contributed by atoms with E-state index >= 15 is 0 Å². The van der Waals surface area contributed by atoms with Crippen LogP contribution in [0.4, 0.5) is 0 Å². The van der Waals surface area contributed by atoms with Crippen LogP contribution < -0.4 is 0 Å². The molecule has 0 atom stereocenters. The number of nitrogens with zero attached hydrogens (tertiary/aromatic N) is 2. The Kier molecular flexibility index (Phi) is 8.54. The largest absolute Gasteiger partial charge is 0.316 e. The Morgan fingerprint density at radius 2 is 1.09 bits per heavy atom. The molecule has 0 spiro atoms. The van der Waals surface area contributed by atoms with Gasteiger partial charge in [-0.25, -0.2) is 0 Å². The third-order valence-corrected chi connectivity index (χ3v) is 9.78. The zero-order valence-electron chi connectivity index (χ0n) is 27.6. The number of rotatable bonds is 11. The number of fused-ring (bicyclic) bond motifs is 2. The normalized spacial score (nSPS) is 12.0. The van der Waals surface area contributed by atoms with Crippen LogP contribution in [-0.2, 0) is 11.8 Å². The van der Waals surface area contributed by atoms with Crippen LogP contribution in [0.5, 0.6) is 0 Å². The fourth-order valence-electron chi connectivity index (χ4n) is 6.93. The summed E-state index contributed by atoms with van der Waals surface area (Å²) in [5, 5.41) is 2.62. The highest BCUT2D eigenvalue weighted by molar-refractivity contribution is 5.84. The first kappa shape index (κ1) is 30.0. The fraction of sp³-hybridized carbons (Fsp3) is 0.333. The van der Waals surface area contributed by atoms with Crippen LogP contribution in [0.1, 0.15) is 92.7 Å². The highest BCUT2D eigenvalue weighted by atomic mass is 15.0. The summed E-state index contributed by atoms with van der Waals surface area (Å²) in [7, 11) is 0. The maximum Gasteiger partial charge on any atom is 0.0528 e. The van der Waals surface area contributed by atoms with Gasteiger partial charge in [-0.2, -0.15) is 0 Å². The van der Waals surface area contributed by atoms with Gasteiger partial charge in [-0.05, 0) is 110 Å². The Hall–Kier alpha value is -4.04.